The maximum atomic E-state index is 12.3. The molecule has 0 saturated heterocycles. The van der Waals surface area contributed by atoms with Gasteiger partial charge in [0.15, 0.2) is 5.76 Å². The zero-order valence-corrected chi connectivity index (χ0v) is 10.4. The van der Waals surface area contributed by atoms with Crippen molar-refractivity contribution in [3.63, 3.8) is 0 Å². The minimum atomic E-state index is -0.199. The summed E-state index contributed by atoms with van der Waals surface area (Å²) in [7, 11) is 1.54. The Balaban J connectivity index is 2.41. The molecule has 18 heavy (non-hydrogen) atoms. The second-order valence-electron chi connectivity index (χ2n) is 4.00. The second-order valence-corrected chi connectivity index (χ2v) is 4.00. The normalized spacial score (nSPS) is 10.4. The largest absolute Gasteiger partial charge is 0.496 e. The predicted molar refractivity (Wildman–Crippen MR) is 67.8 cm³/mol. The standard InChI is InChI=1S/C14H15NO3/c1-9-3-5-12(17-2)11(7-9)14(16)13-6-4-10(8-15)18-13/h3-7H,8,15H2,1-2H3. The molecule has 0 bridgehead atoms. The summed E-state index contributed by atoms with van der Waals surface area (Å²) in [6.45, 7) is 2.20. The van der Waals surface area contributed by atoms with Gasteiger partial charge < -0.3 is 14.9 Å². The lowest BCUT2D eigenvalue weighted by molar-refractivity contribution is 0.100. The van der Waals surface area contributed by atoms with Gasteiger partial charge in [-0.1, -0.05) is 11.6 Å². The highest BCUT2D eigenvalue weighted by molar-refractivity contribution is 6.09. The molecule has 1 aromatic heterocycles. The first kappa shape index (κ1) is 12.4. The Labute approximate surface area is 105 Å². The van der Waals surface area contributed by atoms with Gasteiger partial charge in [0.25, 0.3) is 0 Å². The molecule has 2 N–H and O–H groups in total. The van der Waals surface area contributed by atoms with E-state index in [4.69, 9.17) is 14.9 Å². The molecule has 0 radical (unpaired) electrons. The van der Waals surface area contributed by atoms with Crippen LogP contribution in [0.15, 0.2) is 34.7 Å². The van der Waals surface area contributed by atoms with Crippen molar-refractivity contribution in [1.29, 1.82) is 0 Å². The van der Waals surface area contributed by atoms with Crippen LogP contribution in [0.1, 0.15) is 27.4 Å². The van der Waals surface area contributed by atoms with E-state index in [1.165, 1.54) is 7.11 Å². The first-order chi connectivity index (χ1) is 8.65. The van der Waals surface area contributed by atoms with E-state index in [-0.39, 0.29) is 18.1 Å². The molecule has 1 heterocycles. The van der Waals surface area contributed by atoms with Crippen LogP contribution in [-0.2, 0) is 6.54 Å². The molecular formula is C14H15NO3. The minimum absolute atomic E-state index is 0.199. The summed E-state index contributed by atoms with van der Waals surface area (Å²) >= 11 is 0. The minimum Gasteiger partial charge on any atom is -0.496 e. The molecule has 0 aliphatic carbocycles. The van der Waals surface area contributed by atoms with E-state index >= 15 is 0 Å². The Morgan fingerprint density at radius 3 is 2.72 bits per heavy atom. The van der Waals surface area contributed by atoms with Gasteiger partial charge in [-0.2, -0.15) is 0 Å². The molecule has 0 aliphatic rings. The van der Waals surface area contributed by atoms with Crippen molar-refractivity contribution < 1.29 is 13.9 Å². The van der Waals surface area contributed by atoms with Gasteiger partial charge in [0.05, 0.1) is 19.2 Å². The Bertz CT molecular complexity index is 572. The van der Waals surface area contributed by atoms with E-state index in [2.05, 4.69) is 0 Å². The molecule has 4 nitrogen and oxygen atoms in total. The molecule has 2 rings (SSSR count). The van der Waals surface area contributed by atoms with Crippen molar-refractivity contribution in [2.75, 3.05) is 7.11 Å². The van der Waals surface area contributed by atoms with Crippen LogP contribution < -0.4 is 10.5 Å². The molecule has 2 aromatic rings. The van der Waals surface area contributed by atoms with E-state index in [1.807, 2.05) is 13.0 Å². The second kappa shape index (κ2) is 5.06. The smallest absolute Gasteiger partial charge is 0.231 e. The van der Waals surface area contributed by atoms with Crippen molar-refractivity contribution in [3.8, 4) is 5.75 Å². The molecule has 0 amide bonds. The lowest BCUT2D eigenvalue weighted by Crippen LogP contribution is -2.03. The zero-order valence-electron chi connectivity index (χ0n) is 10.4. The van der Waals surface area contributed by atoms with E-state index in [9.17, 15) is 4.79 Å². The van der Waals surface area contributed by atoms with Crippen molar-refractivity contribution in [1.82, 2.24) is 0 Å². The van der Waals surface area contributed by atoms with Crippen molar-refractivity contribution >= 4 is 5.78 Å². The molecule has 4 heteroatoms. The van der Waals surface area contributed by atoms with E-state index in [1.54, 1.807) is 24.3 Å². The van der Waals surface area contributed by atoms with Gasteiger partial charge in [-0.25, -0.2) is 0 Å². The van der Waals surface area contributed by atoms with Crippen LogP contribution in [0.5, 0.6) is 5.75 Å². The van der Waals surface area contributed by atoms with E-state index in [0.717, 1.165) is 5.56 Å². The highest BCUT2D eigenvalue weighted by Crippen LogP contribution is 2.23. The number of hydrogen-bond acceptors (Lipinski definition) is 4. The maximum absolute atomic E-state index is 12.3. The van der Waals surface area contributed by atoms with E-state index in [0.29, 0.717) is 17.1 Å². The number of benzene rings is 1. The predicted octanol–water partition coefficient (Wildman–Crippen LogP) is 2.29. The number of aryl methyl sites for hydroxylation is 1. The van der Waals surface area contributed by atoms with E-state index < -0.39 is 0 Å². The third kappa shape index (κ3) is 2.28. The van der Waals surface area contributed by atoms with Crippen molar-refractivity contribution in [2.24, 2.45) is 5.73 Å². The van der Waals surface area contributed by atoms with Crippen LogP contribution >= 0.6 is 0 Å². The number of methoxy groups -OCH3 is 1. The van der Waals surface area contributed by atoms with Gasteiger partial charge in [0.2, 0.25) is 5.78 Å². The fraction of sp³-hybridized carbons (Fsp3) is 0.214. The number of ketones is 1. The number of carbonyl (C=O) groups excluding carboxylic acids is 1. The van der Waals surface area contributed by atoms with Gasteiger partial charge in [-0.3, -0.25) is 4.79 Å². The van der Waals surface area contributed by atoms with Crippen LogP contribution in [-0.4, -0.2) is 12.9 Å². The highest BCUT2D eigenvalue weighted by Gasteiger charge is 2.17. The Morgan fingerprint density at radius 1 is 1.33 bits per heavy atom. The summed E-state index contributed by atoms with van der Waals surface area (Å²) in [4.78, 5) is 12.3. The molecule has 94 valence electrons. The topological polar surface area (TPSA) is 65.5 Å². The molecule has 0 unspecified atom stereocenters. The first-order valence-corrected chi connectivity index (χ1v) is 5.64. The average Bonchev–Trinajstić information content (AvgIpc) is 2.86. The molecule has 0 saturated carbocycles. The number of carbonyl (C=O) groups is 1. The van der Waals surface area contributed by atoms with Crippen LogP contribution in [0.4, 0.5) is 0 Å². The molecule has 1 aromatic carbocycles. The van der Waals surface area contributed by atoms with Crippen LogP contribution in [0, 0.1) is 6.92 Å². The van der Waals surface area contributed by atoms with Crippen molar-refractivity contribution in [2.45, 2.75) is 13.5 Å². The summed E-state index contributed by atoms with van der Waals surface area (Å²) in [5, 5.41) is 0. The lowest BCUT2D eigenvalue weighted by Gasteiger charge is -2.07. The Morgan fingerprint density at radius 2 is 2.11 bits per heavy atom. The number of furan rings is 1. The van der Waals surface area contributed by atoms with Gasteiger partial charge in [-0.05, 0) is 31.2 Å². The Kier molecular flexibility index (Phi) is 3.48. The van der Waals surface area contributed by atoms with Crippen molar-refractivity contribution in [3.05, 3.63) is 53.0 Å². The SMILES string of the molecule is COc1ccc(C)cc1C(=O)c1ccc(CN)o1. The fourth-order valence-corrected chi connectivity index (χ4v) is 1.74. The highest BCUT2D eigenvalue weighted by atomic mass is 16.5. The van der Waals surface area contributed by atoms with Crippen LogP contribution in [0.25, 0.3) is 0 Å². The molecule has 0 fully saturated rings. The van der Waals surface area contributed by atoms with Gasteiger partial charge in [0, 0.05) is 0 Å². The third-order valence-corrected chi connectivity index (χ3v) is 2.69. The number of ether oxygens (including phenoxy) is 1. The summed E-state index contributed by atoms with van der Waals surface area (Å²) in [6, 6.07) is 8.78. The lowest BCUT2D eigenvalue weighted by atomic mass is 10.1. The summed E-state index contributed by atoms with van der Waals surface area (Å²) in [5.74, 6) is 1.20. The monoisotopic (exact) mass is 245 g/mol. The number of hydrogen-bond donors (Lipinski definition) is 1. The van der Waals surface area contributed by atoms with Gasteiger partial charge in [0.1, 0.15) is 11.5 Å². The maximum Gasteiger partial charge on any atom is 0.231 e. The van der Waals surface area contributed by atoms with Crippen LogP contribution in [0.2, 0.25) is 0 Å². The third-order valence-electron chi connectivity index (χ3n) is 2.69. The van der Waals surface area contributed by atoms with Crippen LogP contribution in [0.3, 0.4) is 0 Å². The first-order valence-electron chi connectivity index (χ1n) is 5.64. The zero-order chi connectivity index (χ0) is 13.1. The number of rotatable bonds is 4. The summed E-state index contributed by atoms with van der Waals surface area (Å²) in [5.41, 5.74) is 6.94. The fourth-order valence-electron chi connectivity index (χ4n) is 1.74. The average molecular weight is 245 g/mol. The van der Waals surface area contributed by atoms with Gasteiger partial charge >= 0.3 is 0 Å². The number of nitrogens with two attached hydrogens (primary N) is 1. The molecular weight excluding hydrogens is 230 g/mol. The Hall–Kier alpha value is -2.07. The van der Waals surface area contributed by atoms with Gasteiger partial charge in [-0.15, -0.1) is 0 Å². The molecule has 0 atom stereocenters. The molecule has 0 spiro atoms. The quantitative estimate of drug-likeness (QED) is 0.839. The molecule has 0 aliphatic heterocycles. The summed E-state index contributed by atoms with van der Waals surface area (Å²) in [6.07, 6.45) is 0. The summed E-state index contributed by atoms with van der Waals surface area (Å²) < 4.78 is 10.5.